The predicted octanol–water partition coefficient (Wildman–Crippen LogP) is 4.82. The third-order valence-corrected chi connectivity index (χ3v) is 5.66. The van der Waals surface area contributed by atoms with Crippen molar-refractivity contribution in [1.82, 2.24) is 4.90 Å². The smallest absolute Gasteiger partial charge is 0.233 e. The summed E-state index contributed by atoms with van der Waals surface area (Å²) >= 11 is 1.56. The number of rotatable bonds is 3. The van der Waals surface area contributed by atoms with Crippen LogP contribution in [0.2, 0.25) is 0 Å². The zero-order valence-corrected chi connectivity index (χ0v) is 18.0. The molecular weight excluding hydrogens is 356 g/mol. The summed E-state index contributed by atoms with van der Waals surface area (Å²) < 4.78 is 0. The SMILES string of the molecule is CC(C)(C)c1cc(C=C2CN(CCC#N)C(=O)CS2)cc(C(C)(C)C)c1O. The van der Waals surface area contributed by atoms with Crippen LogP contribution in [0.3, 0.4) is 0 Å². The summed E-state index contributed by atoms with van der Waals surface area (Å²) in [5.41, 5.74) is 2.56. The van der Waals surface area contributed by atoms with Gasteiger partial charge in [0.15, 0.2) is 0 Å². The number of amides is 1. The number of hydrogen-bond acceptors (Lipinski definition) is 4. The minimum Gasteiger partial charge on any atom is -0.507 e. The van der Waals surface area contributed by atoms with Gasteiger partial charge in [-0.25, -0.2) is 0 Å². The second kappa shape index (κ2) is 7.98. The lowest BCUT2D eigenvalue weighted by atomic mass is 9.78. The minimum absolute atomic E-state index is 0.0869. The number of aromatic hydroxyl groups is 1. The highest BCUT2D eigenvalue weighted by Gasteiger charge is 2.27. The third kappa shape index (κ3) is 5.29. The van der Waals surface area contributed by atoms with Crippen molar-refractivity contribution in [3.8, 4) is 11.8 Å². The first-order valence-electron chi connectivity index (χ1n) is 9.29. The van der Waals surface area contributed by atoms with Crippen LogP contribution in [0.1, 0.15) is 64.7 Å². The van der Waals surface area contributed by atoms with E-state index >= 15 is 0 Å². The second-order valence-corrected chi connectivity index (χ2v) is 10.2. The van der Waals surface area contributed by atoms with Crippen LogP contribution in [0.5, 0.6) is 5.75 Å². The van der Waals surface area contributed by atoms with Gasteiger partial charge < -0.3 is 10.0 Å². The van der Waals surface area contributed by atoms with Crippen LogP contribution < -0.4 is 0 Å². The molecule has 2 rings (SSSR count). The molecule has 1 fully saturated rings. The maximum absolute atomic E-state index is 12.0. The Morgan fingerprint density at radius 1 is 1.19 bits per heavy atom. The summed E-state index contributed by atoms with van der Waals surface area (Å²) in [6, 6.07) is 6.21. The molecule has 1 aliphatic rings. The molecule has 0 saturated carbocycles. The summed E-state index contributed by atoms with van der Waals surface area (Å²) in [7, 11) is 0. The lowest BCUT2D eigenvalue weighted by Gasteiger charge is -2.29. The highest BCUT2D eigenvalue weighted by Crippen LogP contribution is 2.40. The molecule has 0 aromatic heterocycles. The van der Waals surface area contributed by atoms with Gasteiger partial charge in [-0.3, -0.25) is 4.79 Å². The van der Waals surface area contributed by atoms with E-state index in [4.69, 9.17) is 5.26 Å². The molecule has 1 amide bonds. The Balaban J connectivity index is 2.45. The molecule has 1 heterocycles. The highest BCUT2D eigenvalue weighted by molar-refractivity contribution is 8.03. The number of carbonyl (C=O) groups is 1. The van der Waals surface area contributed by atoms with Crippen molar-refractivity contribution in [2.45, 2.75) is 58.8 Å². The fourth-order valence-electron chi connectivity index (χ4n) is 3.11. The summed E-state index contributed by atoms with van der Waals surface area (Å²) in [5, 5.41) is 19.6. The largest absolute Gasteiger partial charge is 0.507 e. The molecule has 146 valence electrons. The van der Waals surface area contributed by atoms with Gasteiger partial charge in [0.05, 0.1) is 24.8 Å². The zero-order chi connectivity index (χ0) is 20.4. The number of carbonyl (C=O) groups excluding carboxylic acids is 1. The first-order valence-corrected chi connectivity index (χ1v) is 10.3. The van der Waals surface area contributed by atoms with Crippen LogP contribution >= 0.6 is 11.8 Å². The van der Waals surface area contributed by atoms with E-state index < -0.39 is 0 Å². The first-order chi connectivity index (χ1) is 12.4. The topological polar surface area (TPSA) is 64.3 Å². The Labute approximate surface area is 167 Å². The van der Waals surface area contributed by atoms with Crippen LogP contribution in [0.15, 0.2) is 17.0 Å². The van der Waals surface area contributed by atoms with Crippen LogP contribution in [-0.4, -0.2) is 34.8 Å². The monoisotopic (exact) mass is 386 g/mol. The van der Waals surface area contributed by atoms with Crippen molar-refractivity contribution in [3.05, 3.63) is 33.7 Å². The zero-order valence-electron chi connectivity index (χ0n) is 17.2. The van der Waals surface area contributed by atoms with Gasteiger partial charge in [-0.05, 0) is 34.6 Å². The summed E-state index contributed by atoms with van der Waals surface area (Å²) in [5.74, 6) is 0.872. The van der Waals surface area contributed by atoms with Gasteiger partial charge in [0.2, 0.25) is 5.91 Å². The lowest BCUT2D eigenvalue weighted by Crippen LogP contribution is -2.37. The van der Waals surface area contributed by atoms with E-state index in [9.17, 15) is 9.90 Å². The van der Waals surface area contributed by atoms with Crippen LogP contribution in [0.4, 0.5) is 0 Å². The van der Waals surface area contributed by atoms with Crippen molar-refractivity contribution < 1.29 is 9.90 Å². The van der Waals surface area contributed by atoms with E-state index in [0.29, 0.717) is 31.0 Å². The Morgan fingerprint density at radius 2 is 1.74 bits per heavy atom. The van der Waals surface area contributed by atoms with E-state index in [1.54, 1.807) is 16.7 Å². The fourth-order valence-corrected chi connectivity index (χ4v) is 4.07. The Bertz CT molecular complexity index is 757. The predicted molar refractivity (Wildman–Crippen MR) is 113 cm³/mol. The summed E-state index contributed by atoms with van der Waals surface area (Å²) in [6.45, 7) is 13.6. The van der Waals surface area contributed by atoms with Crippen LogP contribution in [0.25, 0.3) is 6.08 Å². The summed E-state index contributed by atoms with van der Waals surface area (Å²) in [4.78, 5) is 14.9. The molecule has 4 nitrogen and oxygen atoms in total. The van der Waals surface area contributed by atoms with Gasteiger partial charge in [-0.1, -0.05) is 41.5 Å². The number of phenols is 1. The van der Waals surface area contributed by atoms with Gasteiger partial charge in [0, 0.05) is 22.6 Å². The van der Waals surface area contributed by atoms with Crippen molar-refractivity contribution >= 4 is 23.7 Å². The lowest BCUT2D eigenvalue weighted by molar-refractivity contribution is -0.128. The normalized spacial score (nSPS) is 17.3. The molecule has 5 heteroatoms. The molecule has 1 N–H and O–H groups in total. The molecular formula is C22H30N2O2S. The van der Waals surface area contributed by atoms with Crippen LogP contribution in [0, 0.1) is 11.3 Å². The molecule has 1 aromatic carbocycles. The average molecular weight is 387 g/mol. The number of nitrogens with zero attached hydrogens (tertiary/aromatic N) is 2. The summed E-state index contributed by atoms with van der Waals surface area (Å²) in [6.07, 6.45) is 2.46. The maximum Gasteiger partial charge on any atom is 0.233 e. The van der Waals surface area contributed by atoms with Gasteiger partial charge >= 0.3 is 0 Å². The molecule has 1 aromatic rings. The van der Waals surface area contributed by atoms with Gasteiger partial charge in [0.1, 0.15) is 5.75 Å². The average Bonchev–Trinajstić information content (AvgIpc) is 2.54. The minimum atomic E-state index is -0.174. The number of hydrogen-bond donors (Lipinski definition) is 1. The molecule has 27 heavy (non-hydrogen) atoms. The first kappa shape index (κ1) is 21.4. The number of benzene rings is 1. The number of phenolic OH excluding ortho intramolecular Hbond substituents is 1. The fraction of sp³-hybridized carbons (Fsp3) is 0.545. The van der Waals surface area contributed by atoms with Crippen molar-refractivity contribution in [1.29, 1.82) is 5.26 Å². The van der Waals surface area contributed by atoms with E-state index in [1.807, 2.05) is 12.1 Å². The maximum atomic E-state index is 12.0. The number of nitriles is 1. The molecule has 0 atom stereocenters. The molecule has 1 saturated heterocycles. The molecule has 1 aliphatic heterocycles. The van der Waals surface area contributed by atoms with E-state index in [1.165, 1.54) is 0 Å². The molecule has 0 radical (unpaired) electrons. The Hall–Kier alpha value is -1.93. The van der Waals surface area contributed by atoms with Crippen LogP contribution in [-0.2, 0) is 15.6 Å². The Kier molecular flexibility index (Phi) is 6.32. The van der Waals surface area contributed by atoms with E-state index in [2.05, 4.69) is 53.7 Å². The van der Waals surface area contributed by atoms with E-state index in [0.717, 1.165) is 21.6 Å². The van der Waals surface area contributed by atoms with Gasteiger partial charge in [-0.15, -0.1) is 11.8 Å². The highest BCUT2D eigenvalue weighted by atomic mass is 32.2. The molecule has 0 unspecified atom stereocenters. The van der Waals surface area contributed by atoms with Gasteiger partial charge in [0.25, 0.3) is 0 Å². The van der Waals surface area contributed by atoms with Crippen molar-refractivity contribution in [2.24, 2.45) is 0 Å². The van der Waals surface area contributed by atoms with Crippen molar-refractivity contribution in [3.63, 3.8) is 0 Å². The molecule has 0 spiro atoms. The number of thioether (sulfide) groups is 1. The quantitative estimate of drug-likeness (QED) is 0.809. The van der Waals surface area contributed by atoms with Gasteiger partial charge in [-0.2, -0.15) is 5.26 Å². The van der Waals surface area contributed by atoms with Crippen molar-refractivity contribution in [2.75, 3.05) is 18.8 Å². The van der Waals surface area contributed by atoms with E-state index in [-0.39, 0.29) is 16.7 Å². The Morgan fingerprint density at radius 3 is 2.22 bits per heavy atom. The second-order valence-electron chi connectivity index (χ2n) is 9.09. The standard InChI is InChI=1S/C22H30N2O2S/c1-21(2,3)17-11-15(12-18(20(17)26)22(4,5)6)10-16-13-24(9-7-8-23)19(25)14-27-16/h10-12,26H,7,9,13-14H2,1-6H3. The molecule has 0 bridgehead atoms. The molecule has 0 aliphatic carbocycles. The third-order valence-electron chi connectivity index (χ3n) is 4.65.